The normalized spacial score (nSPS) is 11.8. The molecule has 2 nitrogen and oxygen atoms in total. The van der Waals surface area contributed by atoms with E-state index in [4.69, 9.17) is 11.6 Å². The van der Waals surface area contributed by atoms with Crippen LogP contribution in [0.2, 0.25) is 0 Å². The highest BCUT2D eigenvalue weighted by atomic mass is 35.5. The van der Waals surface area contributed by atoms with Crippen LogP contribution in [0.1, 0.15) is 29.8 Å². The lowest BCUT2D eigenvalue weighted by atomic mass is 10.1. The van der Waals surface area contributed by atoms with Gasteiger partial charge in [0.05, 0.1) is 0 Å². The molecule has 0 bridgehead atoms. The van der Waals surface area contributed by atoms with Crippen LogP contribution in [0.15, 0.2) is 24.3 Å². The first-order chi connectivity index (χ1) is 9.23. The van der Waals surface area contributed by atoms with E-state index in [9.17, 15) is 18.0 Å². The third-order valence-corrected chi connectivity index (χ3v) is 2.91. The molecule has 1 rings (SSSR count). The molecule has 0 atom stereocenters. The fourth-order valence-electron chi connectivity index (χ4n) is 1.80. The number of nitrogens with zero attached hydrogens (tertiary/aromatic N) is 1. The molecule has 1 amide bonds. The number of hydrogen-bond donors (Lipinski definition) is 0. The van der Waals surface area contributed by atoms with Gasteiger partial charge in [0.25, 0.3) is 5.91 Å². The van der Waals surface area contributed by atoms with E-state index in [0.717, 1.165) is 10.5 Å². The molecule has 0 saturated carbocycles. The van der Waals surface area contributed by atoms with Gasteiger partial charge < -0.3 is 4.90 Å². The third-order valence-electron chi connectivity index (χ3n) is 2.60. The van der Waals surface area contributed by atoms with Crippen LogP contribution in [-0.4, -0.2) is 30.1 Å². The van der Waals surface area contributed by atoms with Crippen LogP contribution in [0.25, 0.3) is 0 Å². The number of benzene rings is 1. The summed E-state index contributed by atoms with van der Waals surface area (Å²) in [6.45, 7) is 2.37. The topological polar surface area (TPSA) is 20.3 Å². The second-order valence-corrected chi connectivity index (χ2v) is 5.29. The van der Waals surface area contributed by atoms with Crippen molar-refractivity contribution in [3.63, 3.8) is 0 Å². The molecule has 0 fully saturated rings. The smallest absolute Gasteiger partial charge is 0.329 e. The summed E-state index contributed by atoms with van der Waals surface area (Å²) in [5.41, 5.74) is 1.05. The number of carbonyl (C=O) groups excluding carboxylic acids is 1. The van der Waals surface area contributed by atoms with Crippen molar-refractivity contribution in [1.82, 2.24) is 4.90 Å². The fraction of sp³-hybridized carbons (Fsp3) is 0.500. The molecule has 0 radical (unpaired) electrons. The molecule has 20 heavy (non-hydrogen) atoms. The molecule has 0 aliphatic heterocycles. The first kappa shape index (κ1) is 16.8. The lowest BCUT2D eigenvalue weighted by Gasteiger charge is -2.25. The van der Waals surface area contributed by atoms with Crippen LogP contribution in [0.4, 0.5) is 13.2 Å². The number of hydrogen-bond acceptors (Lipinski definition) is 1. The van der Waals surface area contributed by atoms with Crippen molar-refractivity contribution in [3.05, 3.63) is 35.4 Å². The van der Waals surface area contributed by atoms with Gasteiger partial charge in [-0.3, -0.25) is 4.79 Å². The average Bonchev–Trinajstić information content (AvgIpc) is 2.35. The molecular formula is C14H17ClF3NO. The van der Waals surface area contributed by atoms with Crippen molar-refractivity contribution in [1.29, 1.82) is 0 Å². The molecule has 0 saturated heterocycles. The monoisotopic (exact) mass is 307 g/mol. The van der Waals surface area contributed by atoms with Crippen LogP contribution in [0.3, 0.4) is 0 Å². The minimum atomic E-state index is -4.40. The molecule has 0 spiro atoms. The van der Waals surface area contributed by atoms with Gasteiger partial charge in [-0.1, -0.05) is 26.0 Å². The summed E-state index contributed by atoms with van der Waals surface area (Å²) >= 11 is 5.63. The highest BCUT2D eigenvalue weighted by Crippen LogP contribution is 2.19. The predicted octanol–water partition coefficient (Wildman–Crippen LogP) is 4.09. The maximum atomic E-state index is 12.5. The summed E-state index contributed by atoms with van der Waals surface area (Å²) in [7, 11) is 0. The molecule has 1 aromatic carbocycles. The zero-order chi connectivity index (χ0) is 15.3. The van der Waals surface area contributed by atoms with E-state index in [0.29, 0.717) is 5.88 Å². The third kappa shape index (κ3) is 5.41. The quantitative estimate of drug-likeness (QED) is 0.750. The van der Waals surface area contributed by atoms with Gasteiger partial charge in [0.1, 0.15) is 6.54 Å². The summed E-state index contributed by atoms with van der Waals surface area (Å²) in [6.07, 6.45) is -4.40. The van der Waals surface area contributed by atoms with Gasteiger partial charge in [-0.15, -0.1) is 11.6 Å². The van der Waals surface area contributed by atoms with Crippen LogP contribution in [0, 0.1) is 5.92 Å². The number of carbonyl (C=O) groups is 1. The van der Waals surface area contributed by atoms with E-state index < -0.39 is 18.6 Å². The van der Waals surface area contributed by atoms with E-state index in [1.165, 1.54) is 12.1 Å². The van der Waals surface area contributed by atoms with Crippen molar-refractivity contribution in [2.45, 2.75) is 25.9 Å². The molecule has 0 N–H and O–H groups in total. The van der Waals surface area contributed by atoms with Gasteiger partial charge in [0.15, 0.2) is 0 Å². The van der Waals surface area contributed by atoms with E-state index in [-0.39, 0.29) is 18.0 Å². The minimum absolute atomic E-state index is 0.0385. The maximum Gasteiger partial charge on any atom is 0.406 e. The summed E-state index contributed by atoms with van der Waals surface area (Å²) in [5.74, 6) is -0.354. The van der Waals surface area contributed by atoms with E-state index >= 15 is 0 Å². The second kappa shape index (κ2) is 6.97. The van der Waals surface area contributed by atoms with Crippen molar-refractivity contribution in [2.75, 3.05) is 13.1 Å². The second-order valence-electron chi connectivity index (χ2n) is 5.03. The Morgan fingerprint density at radius 1 is 1.25 bits per heavy atom. The molecule has 0 aromatic heterocycles. The van der Waals surface area contributed by atoms with Gasteiger partial charge >= 0.3 is 6.18 Å². The van der Waals surface area contributed by atoms with Crippen LogP contribution < -0.4 is 0 Å². The number of rotatable bonds is 5. The number of halogens is 4. The van der Waals surface area contributed by atoms with Gasteiger partial charge in [0, 0.05) is 18.0 Å². The fourth-order valence-corrected chi connectivity index (χ4v) is 1.97. The highest BCUT2D eigenvalue weighted by molar-refractivity contribution is 6.17. The van der Waals surface area contributed by atoms with Crippen molar-refractivity contribution < 1.29 is 18.0 Å². The van der Waals surface area contributed by atoms with Crippen LogP contribution >= 0.6 is 11.6 Å². The molecule has 0 aliphatic carbocycles. The molecule has 1 aromatic rings. The van der Waals surface area contributed by atoms with Crippen molar-refractivity contribution in [3.8, 4) is 0 Å². The SMILES string of the molecule is CC(C)CN(CC(F)(F)F)C(=O)c1ccc(CCl)cc1. The average molecular weight is 308 g/mol. The van der Waals surface area contributed by atoms with Gasteiger partial charge in [0.2, 0.25) is 0 Å². The van der Waals surface area contributed by atoms with E-state index in [1.54, 1.807) is 26.0 Å². The lowest BCUT2D eigenvalue weighted by molar-refractivity contribution is -0.141. The Morgan fingerprint density at radius 3 is 2.20 bits per heavy atom. The summed E-state index contributed by atoms with van der Waals surface area (Å²) in [5, 5.41) is 0. The Bertz CT molecular complexity index is 443. The zero-order valence-corrected chi connectivity index (χ0v) is 12.1. The van der Waals surface area contributed by atoms with Gasteiger partial charge in [-0.2, -0.15) is 13.2 Å². The summed E-state index contributed by atoms with van der Waals surface area (Å²) in [4.78, 5) is 13.0. The minimum Gasteiger partial charge on any atom is -0.329 e. The Hall–Kier alpha value is -1.23. The Labute approximate surface area is 121 Å². The Kier molecular flexibility index (Phi) is 5.87. The molecule has 6 heteroatoms. The first-order valence-electron chi connectivity index (χ1n) is 6.24. The van der Waals surface area contributed by atoms with E-state index in [1.807, 2.05) is 0 Å². The molecule has 0 aliphatic rings. The Balaban J connectivity index is 2.90. The molecule has 112 valence electrons. The lowest BCUT2D eigenvalue weighted by Crippen LogP contribution is -2.41. The highest BCUT2D eigenvalue weighted by Gasteiger charge is 2.33. The maximum absolute atomic E-state index is 12.5. The summed E-state index contributed by atoms with van der Waals surface area (Å²) in [6, 6.07) is 6.29. The van der Waals surface area contributed by atoms with Crippen molar-refractivity contribution in [2.24, 2.45) is 5.92 Å². The van der Waals surface area contributed by atoms with Crippen molar-refractivity contribution >= 4 is 17.5 Å². The molecular weight excluding hydrogens is 291 g/mol. The van der Waals surface area contributed by atoms with Gasteiger partial charge in [-0.05, 0) is 23.6 Å². The standard InChI is InChI=1S/C14H17ClF3NO/c1-10(2)8-19(9-14(16,17)18)13(20)12-5-3-11(7-15)4-6-12/h3-6,10H,7-9H2,1-2H3. The largest absolute Gasteiger partial charge is 0.406 e. The number of alkyl halides is 4. The predicted molar refractivity (Wildman–Crippen MR) is 72.8 cm³/mol. The first-order valence-corrected chi connectivity index (χ1v) is 6.77. The van der Waals surface area contributed by atoms with Crippen LogP contribution in [-0.2, 0) is 5.88 Å². The van der Waals surface area contributed by atoms with E-state index in [2.05, 4.69) is 0 Å². The molecule has 0 unspecified atom stereocenters. The number of amides is 1. The molecule has 0 heterocycles. The van der Waals surface area contributed by atoms with Crippen LogP contribution in [0.5, 0.6) is 0 Å². The zero-order valence-electron chi connectivity index (χ0n) is 11.4. The van der Waals surface area contributed by atoms with Gasteiger partial charge in [-0.25, -0.2) is 0 Å². The summed E-state index contributed by atoms with van der Waals surface area (Å²) < 4.78 is 37.6. The Morgan fingerprint density at radius 2 is 1.80 bits per heavy atom.